The van der Waals surface area contributed by atoms with Crippen molar-refractivity contribution in [1.82, 2.24) is 0 Å². The van der Waals surface area contributed by atoms with Gasteiger partial charge in [-0.1, -0.05) is 6.07 Å². The van der Waals surface area contributed by atoms with Crippen LogP contribution in [0.15, 0.2) is 41.3 Å². The van der Waals surface area contributed by atoms with Crippen LogP contribution in [-0.2, 0) is 11.0 Å². The topological polar surface area (TPSA) is 89.7 Å². The fraction of sp³-hybridized carbons (Fsp3) is 0.235. The Balaban J connectivity index is 2.36. The van der Waals surface area contributed by atoms with Gasteiger partial charge in [-0.3, -0.25) is 14.9 Å². The van der Waals surface area contributed by atoms with Crippen LogP contribution in [0.4, 0.5) is 18.9 Å². The number of benzene rings is 2. The van der Waals surface area contributed by atoms with Gasteiger partial charge in [0.05, 0.1) is 10.5 Å². The van der Waals surface area contributed by atoms with Gasteiger partial charge in [0.1, 0.15) is 11.0 Å². The molecule has 1 atom stereocenters. The maximum absolute atomic E-state index is 12.8. The summed E-state index contributed by atoms with van der Waals surface area (Å²) < 4.78 is 43.7. The number of alkyl halides is 3. The van der Waals surface area contributed by atoms with Gasteiger partial charge in [0.25, 0.3) is 0 Å². The summed E-state index contributed by atoms with van der Waals surface area (Å²) in [5, 5.41) is 19.4. The predicted octanol–water partition coefficient (Wildman–Crippen LogP) is 5.28. The van der Waals surface area contributed by atoms with Gasteiger partial charge in [0, 0.05) is 11.0 Å². The highest BCUT2D eigenvalue weighted by Crippen LogP contribution is 2.39. The molecule has 2 aromatic carbocycles. The van der Waals surface area contributed by atoms with Gasteiger partial charge in [-0.05, 0) is 43.7 Å². The number of rotatable bonds is 6. The highest BCUT2D eigenvalue weighted by molar-refractivity contribution is 8.00. The molecule has 10 heteroatoms. The Hall–Kier alpha value is -2.75. The molecule has 27 heavy (non-hydrogen) atoms. The summed E-state index contributed by atoms with van der Waals surface area (Å²) in [7, 11) is 0. The minimum absolute atomic E-state index is 0.142. The zero-order valence-corrected chi connectivity index (χ0v) is 14.9. The minimum atomic E-state index is -4.72. The predicted molar refractivity (Wildman–Crippen MR) is 92.3 cm³/mol. The number of nitro groups is 1. The van der Waals surface area contributed by atoms with Gasteiger partial charge in [0.15, 0.2) is 0 Å². The third-order valence-corrected chi connectivity index (χ3v) is 4.77. The van der Waals surface area contributed by atoms with Crippen LogP contribution in [0.5, 0.6) is 11.5 Å². The maximum Gasteiger partial charge on any atom is 0.416 e. The molecule has 144 valence electrons. The molecule has 0 aliphatic heterocycles. The Morgan fingerprint density at radius 1 is 1.26 bits per heavy atom. The molecule has 2 rings (SSSR count). The van der Waals surface area contributed by atoms with Crippen LogP contribution in [0.2, 0.25) is 0 Å². The van der Waals surface area contributed by atoms with E-state index in [1.807, 2.05) is 0 Å². The number of halogens is 3. The number of nitro benzene ring substituents is 1. The summed E-state index contributed by atoms with van der Waals surface area (Å²) in [4.78, 5) is 21.7. The molecule has 2 aromatic rings. The molecule has 6 nitrogen and oxygen atoms in total. The Kier molecular flexibility index (Phi) is 5.99. The van der Waals surface area contributed by atoms with Gasteiger partial charge < -0.3 is 9.84 Å². The zero-order chi connectivity index (χ0) is 20.4. The molecule has 0 spiro atoms. The van der Waals surface area contributed by atoms with Crippen molar-refractivity contribution in [3.63, 3.8) is 0 Å². The largest absolute Gasteiger partial charge is 0.480 e. The number of aliphatic carboxylic acids is 1. The number of carboxylic acids is 1. The quantitative estimate of drug-likeness (QED) is 0.402. The van der Waals surface area contributed by atoms with Crippen molar-refractivity contribution in [2.45, 2.75) is 30.2 Å². The number of ether oxygens (including phenoxy) is 1. The summed E-state index contributed by atoms with van der Waals surface area (Å²) in [6.07, 6.45) is -4.72. The second-order valence-corrected chi connectivity index (χ2v) is 6.95. The minimum Gasteiger partial charge on any atom is -0.480 e. The lowest BCUT2D eigenvalue weighted by molar-refractivity contribution is -0.385. The first kappa shape index (κ1) is 20.6. The van der Waals surface area contributed by atoms with Crippen LogP contribution in [0, 0.1) is 17.0 Å². The Morgan fingerprint density at radius 2 is 1.93 bits per heavy atom. The van der Waals surface area contributed by atoms with Crippen LogP contribution < -0.4 is 4.74 Å². The summed E-state index contributed by atoms with van der Waals surface area (Å²) >= 11 is 1.06. The van der Waals surface area contributed by atoms with Gasteiger partial charge in [-0.2, -0.15) is 13.2 Å². The third-order valence-electron chi connectivity index (χ3n) is 3.52. The highest BCUT2D eigenvalue weighted by atomic mass is 32.2. The van der Waals surface area contributed by atoms with E-state index in [-0.39, 0.29) is 11.5 Å². The summed E-state index contributed by atoms with van der Waals surface area (Å²) in [5.74, 6) is -1.22. The van der Waals surface area contributed by atoms with E-state index in [1.165, 1.54) is 19.1 Å². The second-order valence-electron chi connectivity index (χ2n) is 5.57. The SMILES string of the molecule is Cc1ccc(Oc2ccc(C(F)(F)F)cc2[N+](=O)[O-])cc1SC(C)C(=O)O. The maximum atomic E-state index is 12.8. The molecule has 0 heterocycles. The number of hydrogen-bond donors (Lipinski definition) is 1. The van der Waals surface area contributed by atoms with Crippen molar-refractivity contribution in [2.24, 2.45) is 0 Å². The number of nitrogens with zero attached hydrogens (tertiary/aromatic N) is 1. The Labute approximate surface area is 156 Å². The number of aryl methyl sites for hydroxylation is 1. The standard InChI is InChI=1S/C17H14F3NO5S/c1-9-3-5-12(8-15(9)27-10(2)16(22)23)26-14-6-4-11(17(18,19)20)7-13(14)21(24)25/h3-8,10H,1-2H3,(H,22,23). The molecule has 0 aliphatic rings. The van der Waals surface area contributed by atoms with E-state index in [1.54, 1.807) is 13.0 Å². The number of carboxylic acid groups (broad SMARTS) is 1. The van der Waals surface area contributed by atoms with Crippen molar-refractivity contribution in [3.8, 4) is 11.5 Å². The van der Waals surface area contributed by atoms with Crippen LogP contribution in [0.25, 0.3) is 0 Å². The first-order valence-electron chi connectivity index (χ1n) is 7.52. The number of carbonyl (C=O) groups is 1. The van der Waals surface area contributed by atoms with Crippen LogP contribution >= 0.6 is 11.8 Å². The van der Waals surface area contributed by atoms with E-state index < -0.39 is 33.6 Å². The van der Waals surface area contributed by atoms with E-state index in [4.69, 9.17) is 9.84 Å². The fourth-order valence-corrected chi connectivity index (χ4v) is 2.98. The van der Waals surface area contributed by atoms with Crippen LogP contribution in [0.3, 0.4) is 0 Å². The van der Waals surface area contributed by atoms with Gasteiger partial charge >= 0.3 is 17.8 Å². The molecular weight excluding hydrogens is 387 g/mol. The van der Waals surface area contributed by atoms with E-state index >= 15 is 0 Å². The molecule has 0 radical (unpaired) electrons. The summed E-state index contributed by atoms with van der Waals surface area (Å²) in [6.45, 7) is 3.25. The molecule has 0 saturated carbocycles. The van der Waals surface area contributed by atoms with Crippen LogP contribution in [0.1, 0.15) is 18.1 Å². The van der Waals surface area contributed by atoms with E-state index in [0.29, 0.717) is 17.0 Å². The van der Waals surface area contributed by atoms with E-state index in [0.717, 1.165) is 23.4 Å². The molecule has 0 aliphatic carbocycles. The van der Waals surface area contributed by atoms with E-state index in [9.17, 15) is 28.1 Å². The number of thioether (sulfide) groups is 1. The molecule has 1 N–H and O–H groups in total. The Bertz CT molecular complexity index is 885. The number of hydrogen-bond acceptors (Lipinski definition) is 5. The van der Waals surface area contributed by atoms with Crippen molar-refractivity contribution in [1.29, 1.82) is 0 Å². The van der Waals surface area contributed by atoms with Gasteiger partial charge in [0.2, 0.25) is 5.75 Å². The molecule has 0 aromatic heterocycles. The van der Waals surface area contributed by atoms with Gasteiger partial charge in [-0.25, -0.2) is 0 Å². The monoisotopic (exact) mass is 401 g/mol. The fourth-order valence-electron chi connectivity index (χ4n) is 2.06. The zero-order valence-electron chi connectivity index (χ0n) is 14.1. The van der Waals surface area contributed by atoms with Crippen molar-refractivity contribution in [2.75, 3.05) is 0 Å². The normalized spacial score (nSPS) is 12.5. The molecule has 0 fully saturated rings. The molecule has 0 saturated heterocycles. The lowest BCUT2D eigenvalue weighted by Gasteiger charge is -2.13. The molecule has 1 unspecified atom stereocenters. The summed E-state index contributed by atoms with van der Waals surface area (Å²) in [5.41, 5.74) is -1.21. The van der Waals surface area contributed by atoms with Crippen LogP contribution in [-0.4, -0.2) is 21.2 Å². The van der Waals surface area contributed by atoms with Crippen molar-refractivity contribution in [3.05, 3.63) is 57.6 Å². The molecule has 0 bridgehead atoms. The lowest BCUT2D eigenvalue weighted by atomic mass is 10.2. The molecule has 0 amide bonds. The summed E-state index contributed by atoms with van der Waals surface area (Å²) in [6, 6.07) is 6.59. The average Bonchev–Trinajstić information content (AvgIpc) is 2.56. The van der Waals surface area contributed by atoms with E-state index in [2.05, 4.69) is 0 Å². The van der Waals surface area contributed by atoms with Crippen molar-refractivity contribution >= 4 is 23.4 Å². The highest BCUT2D eigenvalue weighted by Gasteiger charge is 2.33. The lowest BCUT2D eigenvalue weighted by Crippen LogP contribution is -2.11. The molecular formula is C17H14F3NO5S. The first-order valence-corrected chi connectivity index (χ1v) is 8.40. The Morgan fingerprint density at radius 3 is 2.48 bits per heavy atom. The third kappa shape index (κ3) is 5.13. The van der Waals surface area contributed by atoms with Gasteiger partial charge in [-0.15, -0.1) is 11.8 Å². The average molecular weight is 401 g/mol. The second kappa shape index (κ2) is 7.87. The smallest absolute Gasteiger partial charge is 0.416 e. The first-order chi connectivity index (χ1) is 12.5. The van der Waals surface area contributed by atoms with Crippen molar-refractivity contribution < 1.29 is 32.7 Å².